The zero-order valence-corrected chi connectivity index (χ0v) is 22.3. The van der Waals surface area contributed by atoms with Crippen molar-refractivity contribution in [2.75, 3.05) is 19.7 Å². The van der Waals surface area contributed by atoms with Gasteiger partial charge >= 0.3 is 6.03 Å². The van der Waals surface area contributed by atoms with Crippen molar-refractivity contribution in [1.82, 2.24) is 10.2 Å². The number of nitrogens with zero attached hydrogens (tertiary/aromatic N) is 1. The third-order valence-electron chi connectivity index (χ3n) is 6.67. The van der Waals surface area contributed by atoms with Crippen molar-refractivity contribution < 1.29 is 8.98 Å². The molecule has 1 aliphatic heterocycles. The van der Waals surface area contributed by atoms with Gasteiger partial charge in [0.2, 0.25) is 0 Å². The highest BCUT2D eigenvalue weighted by atomic mass is 32.1. The van der Waals surface area contributed by atoms with Gasteiger partial charge in [-0.15, -0.1) is 0 Å². The van der Waals surface area contributed by atoms with Gasteiger partial charge in [-0.05, 0) is 101 Å². The van der Waals surface area contributed by atoms with Gasteiger partial charge in [0.15, 0.2) is 0 Å². The number of hydrogen-bond donors (Lipinski definition) is 2. The summed E-state index contributed by atoms with van der Waals surface area (Å²) < 4.78 is 5.13. The van der Waals surface area contributed by atoms with Crippen LogP contribution in [-0.4, -0.2) is 36.2 Å². The summed E-state index contributed by atoms with van der Waals surface area (Å²) in [4.78, 5) is 14.7. The van der Waals surface area contributed by atoms with Gasteiger partial charge in [-0.1, -0.05) is 54.6 Å². The monoisotopic (exact) mass is 480 g/mol. The fourth-order valence-electron chi connectivity index (χ4n) is 5.07. The van der Waals surface area contributed by atoms with E-state index in [1.807, 2.05) is 32.6 Å². The Morgan fingerprint density at radius 1 is 1.29 bits per heavy atom. The van der Waals surface area contributed by atoms with Gasteiger partial charge in [-0.3, -0.25) is 0 Å². The fraction of sp³-hybridized carbons (Fsp3) is 0.483. The van der Waals surface area contributed by atoms with E-state index in [4.69, 9.17) is 4.18 Å². The number of thiol groups is 1. The zero-order valence-electron chi connectivity index (χ0n) is 21.4. The molecule has 1 aromatic rings. The Balaban J connectivity index is 1.94. The molecule has 0 bridgehead atoms. The number of fused-ring (bicyclic) bond motifs is 1. The molecule has 1 atom stereocenters. The highest BCUT2D eigenvalue weighted by molar-refractivity contribution is 7.75. The minimum atomic E-state index is -0.231. The van der Waals surface area contributed by atoms with E-state index in [0.717, 1.165) is 37.9 Å². The van der Waals surface area contributed by atoms with Crippen LogP contribution in [0.2, 0.25) is 0 Å². The van der Waals surface area contributed by atoms with E-state index in [9.17, 15) is 4.79 Å². The van der Waals surface area contributed by atoms with Crippen molar-refractivity contribution in [3.8, 4) is 0 Å². The van der Waals surface area contributed by atoms with E-state index >= 15 is 0 Å². The summed E-state index contributed by atoms with van der Waals surface area (Å²) in [6, 6.07) is 6.80. The summed E-state index contributed by atoms with van der Waals surface area (Å²) in [5.74, 6) is 0.640. The standard InChI is InChI=1S/C29H40N2O2S/c1-7-8-9-25-21(3)27(22-12-15-31(16-13-22)28(32)30-29(4,5)6)26-11-10-20(2)18-24(26)19-23(25)14-17-33-34/h7-11,18-19,22,27,34H,3,12-17H2,1-2,4-6H3,(H,30,32)/b8-7-,25-9+. The van der Waals surface area contributed by atoms with Crippen molar-refractivity contribution in [1.29, 1.82) is 0 Å². The molecule has 4 nitrogen and oxygen atoms in total. The summed E-state index contributed by atoms with van der Waals surface area (Å²) in [7, 11) is 0. The fourth-order valence-corrected chi connectivity index (χ4v) is 5.16. The normalized spacial score (nSPS) is 20.9. The van der Waals surface area contributed by atoms with Crippen LogP contribution in [0.4, 0.5) is 4.79 Å². The predicted octanol–water partition coefficient (Wildman–Crippen LogP) is 7.01. The van der Waals surface area contributed by atoms with Crippen molar-refractivity contribution >= 4 is 25.0 Å². The molecule has 2 aliphatic rings. The molecule has 1 unspecified atom stereocenters. The van der Waals surface area contributed by atoms with Gasteiger partial charge in [0.05, 0.1) is 6.61 Å². The lowest BCUT2D eigenvalue weighted by Gasteiger charge is -2.38. The number of benzene rings is 1. The number of nitrogens with one attached hydrogen (secondary N) is 1. The first-order chi connectivity index (χ1) is 16.1. The van der Waals surface area contributed by atoms with Crippen LogP contribution in [0.15, 0.2) is 59.7 Å². The number of allylic oxidation sites excluding steroid dienone is 5. The maximum atomic E-state index is 12.7. The molecule has 0 aromatic heterocycles. The average molecular weight is 481 g/mol. The molecule has 184 valence electrons. The van der Waals surface area contributed by atoms with Gasteiger partial charge in [0.1, 0.15) is 0 Å². The van der Waals surface area contributed by atoms with Crippen LogP contribution < -0.4 is 5.32 Å². The molecule has 1 aliphatic carbocycles. The molecule has 5 heteroatoms. The molecule has 3 rings (SSSR count). The first kappa shape index (κ1) is 26.4. The summed E-state index contributed by atoms with van der Waals surface area (Å²) in [6.07, 6.45) is 11.3. The highest BCUT2D eigenvalue weighted by Crippen LogP contribution is 2.46. The third kappa shape index (κ3) is 6.45. The molecule has 1 N–H and O–H groups in total. The van der Waals surface area contributed by atoms with Crippen molar-refractivity contribution in [2.24, 2.45) is 5.92 Å². The van der Waals surface area contributed by atoms with Gasteiger partial charge in [0.25, 0.3) is 0 Å². The van der Waals surface area contributed by atoms with Gasteiger partial charge < -0.3 is 14.4 Å². The molecule has 34 heavy (non-hydrogen) atoms. The SMILES string of the molecule is C=C1/C(=C\C=C/C)C(CCOS)=Cc2cc(C)ccc2C1C1CCN(C(=O)NC(C)(C)C)CC1. The second-order valence-electron chi connectivity index (χ2n) is 10.5. The second-order valence-corrected chi connectivity index (χ2v) is 10.8. The maximum absolute atomic E-state index is 12.7. The average Bonchev–Trinajstić information content (AvgIpc) is 2.88. The molecule has 0 spiro atoms. The number of aryl methyl sites for hydroxylation is 1. The molecule has 1 aromatic carbocycles. The van der Waals surface area contributed by atoms with Crippen LogP contribution in [0.25, 0.3) is 6.08 Å². The number of urea groups is 1. The van der Waals surface area contributed by atoms with E-state index < -0.39 is 0 Å². The summed E-state index contributed by atoms with van der Waals surface area (Å²) in [6.45, 7) is 17.0. The summed E-state index contributed by atoms with van der Waals surface area (Å²) >= 11 is 3.97. The number of carbonyl (C=O) groups is 1. The number of piperidine rings is 1. The molecule has 1 saturated heterocycles. The minimum Gasteiger partial charge on any atom is -0.333 e. The van der Waals surface area contributed by atoms with Crippen LogP contribution in [0.5, 0.6) is 0 Å². The summed E-state index contributed by atoms with van der Waals surface area (Å²) in [5, 5.41) is 3.11. The van der Waals surface area contributed by atoms with E-state index in [1.54, 1.807) is 0 Å². The van der Waals surface area contributed by atoms with E-state index in [1.165, 1.54) is 27.8 Å². The first-order valence-electron chi connectivity index (χ1n) is 12.3. The van der Waals surface area contributed by atoms with Crippen LogP contribution >= 0.6 is 12.9 Å². The third-order valence-corrected chi connectivity index (χ3v) is 6.86. The van der Waals surface area contributed by atoms with Crippen molar-refractivity contribution in [3.05, 3.63) is 76.4 Å². The van der Waals surface area contributed by atoms with E-state index in [2.05, 4.69) is 74.2 Å². The molecule has 1 fully saturated rings. The Kier molecular flexibility index (Phi) is 8.89. The lowest BCUT2D eigenvalue weighted by Crippen LogP contribution is -2.51. The Morgan fingerprint density at radius 3 is 2.62 bits per heavy atom. The Hall–Kier alpha value is -2.24. The number of amides is 2. The lowest BCUT2D eigenvalue weighted by atomic mass is 9.73. The van der Waals surface area contributed by atoms with Crippen molar-refractivity contribution in [3.63, 3.8) is 0 Å². The molecule has 1 heterocycles. The maximum Gasteiger partial charge on any atom is 0.317 e. The zero-order chi connectivity index (χ0) is 24.9. The molecule has 0 saturated carbocycles. The van der Waals surface area contributed by atoms with E-state index in [0.29, 0.717) is 12.5 Å². The smallest absolute Gasteiger partial charge is 0.317 e. The van der Waals surface area contributed by atoms with Gasteiger partial charge in [0, 0.05) is 24.5 Å². The Morgan fingerprint density at radius 2 is 2.00 bits per heavy atom. The number of likely N-dealkylation sites (tertiary alicyclic amines) is 1. The van der Waals surface area contributed by atoms with Crippen LogP contribution in [0, 0.1) is 12.8 Å². The van der Waals surface area contributed by atoms with Crippen LogP contribution in [-0.2, 0) is 4.18 Å². The predicted molar refractivity (Wildman–Crippen MR) is 146 cm³/mol. The Labute approximate surface area is 211 Å². The number of carbonyl (C=O) groups excluding carboxylic acids is 1. The molecule has 2 amide bonds. The molecule has 0 radical (unpaired) electrons. The number of rotatable bonds is 5. The first-order valence-corrected chi connectivity index (χ1v) is 12.7. The van der Waals surface area contributed by atoms with Gasteiger partial charge in [-0.2, -0.15) is 0 Å². The Bertz CT molecular complexity index is 992. The van der Waals surface area contributed by atoms with Crippen LogP contribution in [0.3, 0.4) is 0 Å². The quantitative estimate of drug-likeness (QED) is 0.352. The minimum absolute atomic E-state index is 0.0334. The second kappa shape index (κ2) is 11.5. The molecular weight excluding hydrogens is 440 g/mol. The number of hydrogen-bond acceptors (Lipinski definition) is 3. The summed E-state index contributed by atoms with van der Waals surface area (Å²) in [5.41, 5.74) is 7.19. The van der Waals surface area contributed by atoms with Gasteiger partial charge in [-0.25, -0.2) is 4.79 Å². The largest absolute Gasteiger partial charge is 0.333 e. The van der Waals surface area contributed by atoms with Crippen molar-refractivity contribution in [2.45, 2.75) is 65.3 Å². The molecular formula is C29H40N2O2S. The van der Waals surface area contributed by atoms with Crippen LogP contribution in [0.1, 0.15) is 69.6 Å². The van der Waals surface area contributed by atoms with E-state index in [-0.39, 0.29) is 17.5 Å². The topological polar surface area (TPSA) is 41.6 Å². The lowest BCUT2D eigenvalue weighted by molar-refractivity contribution is 0.159. The highest BCUT2D eigenvalue weighted by Gasteiger charge is 2.35.